The summed E-state index contributed by atoms with van der Waals surface area (Å²) in [5.74, 6) is 0.426. The number of rotatable bonds is 7. The Labute approximate surface area is 144 Å². The third-order valence-corrected chi connectivity index (χ3v) is 4.21. The molecule has 0 radical (unpaired) electrons. The summed E-state index contributed by atoms with van der Waals surface area (Å²) in [6, 6.07) is 7.32. The molecule has 0 spiro atoms. The molecule has 128 valence electrons. The minimum atomic E-state index is -0.144. The Hall–Kier alpha value is -2.45. The molecule has 7 nitrogen and oxygen atoms in total. The number of para-hydroxylation sites is 2. The second-order valence-corrected chi connectivity index (χ2v) is 5.85. The molecule has 8 heteroatoms. The van der Waals surface area contributed by atoms with Gasteiger partial charge in [0, 0.05) is 19.4 Å². The Morgan fingerprint density at radius 2 is 2.12 bits per heavy atom. The predicted octanol–water partition coefficient (Wildman–Crippen LogP) is 0.646. The topological polar surface area (TPSA) is 88.1 Å². The van der Waals surface area contributed by atoms with Gasteiger partial charge in [-0.05, 0) is 12.1 Å². The molecule has 2 aromatic rings. The molecule has 0 atom stereocenters. The van der Waals surface area contributed by atoms with Crippen molar-refractivity contribution in [3.05, 3.63) is 35.3 Å². The van der Waals surface area contributed by atoms with E-state index in [1.54, 1.807) is 20.2 Å². The van der Waals surface area contributed by atoms with Gasteiger partial charge in [-0.3, -0.25) is 14.5 Å². The first kappa shape index (κ1) is 17.9. The Morgan fingerprint density at radius 3 is 2.79 bits per heavy atom. The van der Waals surface area contributed by atoms with Crippen LogP contribution in [0, 0.1) is 0 Å². The van der Waals surface area contributed by atoms with Gasteiger partial charge in [0.15, 0.2) is 11.7 Å². The molecule has 0 saturated heterocycles. The number of aromatic nitrogens is 1. The number of ether oxygens (including phenoxy) is 1. The van der Waals surface area contributed by atoms with Gasteiger partial charge in [0.2, 0.25) is 5.91 Å². The fourth-order valence-electron chi connectivity index (χ4n) is 2.17. The first-order valence-corrected chi connectivity index (χ1v) is 8.35. The number of quaternary nitrogens is 1. The van der Waals surface area contributed by atoms with Crippen LogP contribution in [0.1, 0.15) is 12.6 Å². The average Bonchev–Trinajstić information content (AvgIpc) is 3.03. The smallest absolute Gasteiger partial charge is 0.274 e. The van der Waals surface area contributed by atoms with Crippen LogP contribution < -0.4 is 20.3 Å². The van der Waals surface area contributed by atoms with Crippen LogP contribution >= 0.6 is 11.3 Å². The number of benzene rings is 1. The zero-order valence-corrected chi connectivity index (χ0v) is 14.7. The summed E-state index contributed by atoms with van der Waals surface area (Å²) in [4.78, 5) is 29.4. The number of methoxy groups -OCH3 is 1. The molecule has 1 heterocycles. The van der Waals surface area contributed by atoms with E-state index in [-0.39, 0.29) is 11.8 Å². The van der Waals surface area contributed by atoms with E-state index in [0.29, 0.717) is 29.7 Å². The molecule has 1 aromatic carbocycles. The minimum Gasteiger partial charge on any atom is -0.495 e. The Balaban J connectivity index is 2.18. The number of amides is 2. The molecule has 0 unspecified atom stereocenters. The highest BCUT2D eigenvalue weighted by Crippen LogP contribution is 2.35. The molecule has 1 aromatic heterocycles. The maximum absolute atomic E-state index is 12.1. The summed E-state index contributed by atoms with van der Waals surface area (Å²) in [5.41, 5.74) is 1.47. The number of hydrogen-bond acceptors (Lipinski definition) is 5. The standard InChI is InChI=1S/C16H20N4O3S/c1-11(21)20(13-6-4-5-7-14(13)23-3)16-19-12(10-24-16)8-18-9-15(22)17-2/h4-7,10,18H,8-9H2,1-3H3,(H,17,22)/p+1. The molecule has 2 rings (SSSR count). The van der Waals surface area contributed by atoms with Crippen molar-refractivity contribution in [3.8, 4) is 5.75 Å². The molecule has 0 fully saturated rings. The number of nitrogens with two attached hydrogens (primary N) is 1. The lowest BCUT2D eigenvalue weighted by Gasteiger charge is -2.20. The number of carbonyl (C=O) groups is 2. The molecule has 2 amide bonds. The van der Waals surface area contributed by atoms with E-state index in [9.17, 15) is 9.59 Å². The van der Waals surface area contributed by atoms with E-state index in [2.05, 4.69) is 10.3 Å². The van der Waals surface area contributed by atoms with Gasteiger partial charge in [-0.2, -0.15) is 0 Å². The van der Waals surface area contributed by atoms with Crippen molar-refractivity contribution in [1.82, 2.24) is 10.3 Å². The largest absolute Gasteiger partial charge is 0.495 e. The Bertz CT molecular complexity index is 717. The number of anilines is 2. The van der Waals surface area contributed by atoms with E-state index in [4.69, 9.17) is 4.74 Å². The quantitative estimate of drug-likeness (QED) is 0.768. The van der Waals surface area contributed by atoms with Crippen molar-refractivity contribution in [1.29, 1.82) is 0 Å². The fraction of sp³-hybridized carbons (Fsp3) is 0.312. The van der Waals surface area contributed by atoms with Crippen LogP contribution in [-0.2, 0) is 16.1 Å². The first-order valence-electron chi connectivity index (χ1n) is 7.47. The van der Waals surface area contributed by atoms with Crippen LogP contribution in [0.5, 0.6) is 5.75 Å². The van der Waals surface area contributed by atoms with Crippen molar-refractivity contribution < 1.29 is 19.6 Å². The SMILES string of the molecule is CNC(=O)C[NH2+]Cc1csc(N(C(C)=O)c2ccccc2OC)n1. The van der Waals surface area contributed by atoms with Crippen LogP contribution in [-0.4, -0.2) is 37.5 Å². The lowest BCUT2D eigenvalue weighted by molar-refractivity contribution is -0.660. The molecule has 0 aliphatic rings. The van der Waals surface area contributed by atoms with Crippen LogP contribution in [0.3, 0.4) is 0 Å². The first-order chi connectivity index (χ1) is 11.6. The summed E-state index contributed by atoms with van der Waals surface area (Å²) in [6.45, 7) is 2.40. The van der Waals surface area contributed by atoms with Crippen LogP contribution in [0.25, 0.3) is 0 Å². The predicted molar refractivity (Wildman–Crippen MR) is 92.5 cm³/mol. The minimum absolute atomic E-state index is 0.0372. The van der Waals surface area contributed by atoms with Gasteiger partial charge >= 0.3 is 0 Å². The molecule has 3 N–H and O–H groups in total. The van der Waals surface area contributed by atoms with Crippen LogP contribution in [0.4, 0.5) is 10.8 Å². The van der Waals surface area contributed by atoms with Gasteiger partial charge in [-0.25, -0.2) is 4.98 Å². The molecule has 0 aliphatic carbocycles. The molecular weight excluding hydrogens is 328 g/mol. The highest BCUT2D eigenvalue weighted by Gasteiger charge is 2.21. The maximum Gasteiger partial charge on any atom is 0.274 e. The summed E-state index contributed by atoms with van der Waals surface area (Å²) in [6.07, 6.45) is 0. The summed E-state index contributed by atoms with van der Waals surface area (Å²) in [7, 11) is 3.17. The summed E-state index contributed by atoms with van der Waals surface area (Å²) >= 11 is 1.38. The second-order valence-electron chi connectivity index (χ2n) is 5.02. The van der Waals surface area contributed by atoms with Crippen LogP contribution in [0.2, 0.25) is 0 Å². The lowest BCUT2D eigenvalue weighted by Crippen LogP contribution is -2.85. The summed E-state index contributed by atoms with van der Waals surface area (Å²) in [5, 5.41) is 6.90. The fourth-order valence-corrected chi connectivity index (χ4v) is 3.06. The van der Waals surface area contributed by atoms with Gasteiger partial charge in [-0.15, -0.1) is 11.3 Å². The van der Waals surface area contributed by atoms with Gasteiger partial charge in [0.1, 0.15) is 18.0 Å². The van der Waals surface area contributed by atoms with Gasteiger partial charge in [0.25, 0.3) is 5.91 Å². The van der Waals surface area contributed by atoms with Crippen molar-refractivity contribution in [3.63, 3.8) is 0 Å². The lowest BCUT2D eigenvalue weighted by atomic mass is 10.2. The number of hydrogen-bond donors (Lipinski definition) is 2. The number of thiazole rings is 1. The molecule has 0 aliphatic heterocycles. The summed E-state index contributed by atoms with van der Waals surface area (Å²) < 4.78 is 5.34. The highest BCUT2D eigenvalue weighted by molar-refractivity contribution is 7.14. The molecule has 0 bridgehead atoms. The number of nitrogens with zero attached hydrogens (tertiary/aromatic N) is 2. The number of nitrogens with one attached hydrogen (secondary N) is 1. The molecular formula is C16H21N4O3S+. The normalized spacial score (nSPS) is 10.3. The van der Waals surface area contributed by atoms with Crippen molar-refractivity contribution >= 4 is 34.0 Å². The van der Waals surface area contributed by atoms with E-state index < -0.39 is 0 Å². The van der Waals surface area contributed by atoms with Crippen molar-refractivity contribution in [2.75, 3.05) is 25.6 Å². The highest BCUT2D eigenvalue weighted by atomic mass is 32.1. The van der Waals surface area contributed by atoms with E-state index in [0.717, 1.165) is 5.69 Å². The van der Waals surface area contributed by atoms with Gasteiger partial charge < -0.3 is 15.4 Å². The van der Waals surface area contributed by atoms with E-state index in [1.807, 2.05) is 28.9 Å². The zero-order valence-electron chi connectivity index (χ0n) is 13.9. The van der Waals surface area contributed by atoms with Crippen molar-refractivity contribution in [2.24, 2.45) is 0 Å². The zero-order chi connectivity index (χ0) is 17.5. The Morgan fingerprint density at radius 1 is 1.38 bits per heavy atom. The van der Waals surface area contributed by atoms with Crippen LogP contribution in [0.15, 0.2) is 29.6 Å². The van der Waals surface area contributed by atoms with Gasteiger partial charge in [-0.1, -0.05) is 12.1 Å². The average molecular weight is 349 g/mol. The third-order valence-electron chi connectivity index (χ3n) is 3.33. The molecule has 24 heavy (non-hydrogen) atoms. The maximum atomic E-state index is 12.1. The van der Waals surface area contributed by atoms with E-state index in [1.165, 1.54) is 23.2 Å². The third kappa shape index (κ3) is 4.30. The second kappa shape index (κ2) is 8.42. The number of carbonyl (C=O) groups excluding carboxylic acids is 2. The molecule has 0 saturated carbocycles. The van der Waals surface area contributed by atoms with E-state index >= 15 is 0 Å². The number of likely N-dealkylation sites (N-methyl/N-ethyl adjacent to an activating group) is 1. The monoisotopic (exact) mass is 349 g/mol. The van der Waals surface area contributed by atoms with Gasteiger partial charge in [0.05, 0.1) is 12.8 Å². The van der Waals surface area contributed by atoms with Crippen molar-refractivity contribution in [2.45, 2.75) is 13.5 Å². The Kier molecular flexibility index (Phi) is 6.28.